The first kappa shape index (κ1) is 13.4. The number of likely N-dealkylation sites (N-methyl/N-ethyl adjacent to an activating group) is 1. The summed E-state index contributed by atoms with van der Waals surface area (Å²) in [6.07, 6.45) is 1.21. The maximum atomic E-state index is 3.73. The molecule has 2 aromatic rings. The fourth-order valence-electron chi connectivity index (χ4n) is 3.94. The van der Waals surface area contributed by atoms with Gasteiger partial charge in [-0.05, 0) is 42.8 Å². The van der Waals surface area contributed by atoms with Gasteiger partial charge in [-0.3, -0.25) is 4.90 Å². The van der Waals surface area contributed by atoms with Crippen molar-refractivity contribution >= 4 is 21.6 Å². The Balaban J connectivity index is 1.79. The minimum absolute atomic E-state index is 0.452. The van der Waals surface area contributed by atoms with E-state index in [1.165, 1.54) is 23.2 Å². The van der Waals surface area contributed by atoms with Gasteiger partial charge in [0.05, 0.1) is 0 Å². The van der Waals surface area contributed by atoms with Crippen molar-refractivity contribution in [2.75, 3.05) is 18.9 Å². The molecule has 3 heteroatoms. The highest BCUT2D eigenvalue weighted by Gasteiger charge is 2.42. The lowest BCUT2D eigenvalue weighted by molar-refractivity contribution is 0.155. The van der Waals surface area contributed by atoms with Crippen molar-refractivity contribution < 1.29 is 0 Å². The summed E-state index contributed by atoms with van der Waals surface area (Å²) in [4.78, 5) is 2.51. The van der Waals surface area contributed by atoms with Gasteiger partial charge < -0.3 is 5.32 Å². The van der Waals surface area contributed by atoms with Crippen molar-refractivity contribution in [2.45, 2.75) is 24.4 Å². The Bertz CT molecular complexity index is 653. The number of likely N-dealkylation sites (tertiary alicyclic amines) is 1. The second-order valence-corrected chi connectivity index (χ2v) is 7.05. The molecular formula is C18H19BrN2. The van der Waals surface area contributed by atoms with E-state index in [2.05, 4.69) is 81.7 Å². The third kappa shape index (κ3) is 2.19. The third-order valence-electron chi connectivity index (χ3n) is 4.91. The van der Waals surface area contributed by atoms with E-state index in [0.717, 1.165) is 11.0 Å². The summed E-state index contributed by atoms with van der Waals surface area (Å²) in [7, 11) is 2.25. The van der Waals surface area contributed by atoms with E-state index in [-0.39, 0.29) is 0 Å². The Morgan fingerprint density at radius 2 is 1.86 bits per heavy atom. The Labute approximate surface area is 134 Å². The number of halogens is 1. The third-order valence-corrected chi connectivity index (χ3v) is 5.44. The number of piperidine rings is 1. The zero-order valence-corrected chi connectivity index (χ0v) is 13.7. The van der Waals surface area contributed by atoms with Crippen LogP contribution in [0.5, 0.6) is 0 Å². The van der Waals surface area contributed by atoms with E-state index in [0.29, 0.717) is 18.0 Å². The summed E-state index contributed by atoms with van der Waals surface area (Å²) >= 11 is 3.54. The molecule has 0 spiro atoms. The van der Waals surface area contributed by atoms with Gasteiger partial charge in [0, 0.05) is 34.7 Å². The fraction of sp³-hybridized carbons (Fsp3) is 0.333. The molecule has 0 amide bonds. The van der Waals surface area contributed by atoms with Crippen LogP contribution in [0.4, 0.5) is 5.69 Å². The number of para-hydroxylation sites is 1. The molecule has 0 aromatic heterocycles. The van der Waals surface area contributed by atoms with Crippen molar-refractivity contribution in [2.24, 2.45) is 0 Å². The SMILES string of the molecule is CN1CCC2Nc3ccccc3C2C1c1ccc(Br)cc1. The number of rotatable bonds is 1. The van der Waals surface area contributed by atoms with Gasteiger partial charge >= 0.3 is 0 Å². The summed E-state index contributed by atoms with van der Waals surface area (Å²) in [5, 5.41) is 3.73. The van der Waals surface area contributed by atoms with E-state index in [9.17, 15) is 0 Å². The Morgan fingerprint density at radius 3 is 2.67 bits per heavy atom. The topological polar surface area (TPSA) is 15.3 Å². The van der Waals surface area contributed by atoms with Crippen LogP contribution in [-0.4, -0.2) is 24.5 Å². The van der Waals surface area contributed by atoms with Gasteiger partial charge in [0.25, 0.3) is 0 Å². The normalized spacial score (nSPS) is 27.8. The van der Waals surface area contributed by atoms with Gasteiger partial charge in [-0.2, -0.15) is 0 Å². The Kier molecular flexibility index (Phi) is 3.27. The molecule has 0 saturated carbocycles. The van der Waals surface area contributed by atoms with E-state index in [1.807, 2.05) is 0 Å². The van der Waals surface area contributed by atoms with Crippen molar-refractivity contribution in [3.05, 3.63) is 64.1 Å². The lowest BCUT2D eigenvalue weighted by Crippen LogP contribution is -2.42. The molecule has 1 saturated heterocycles. The zero-order chi connectivity index (χ0) is 14.4. The largest absolute Gasteiger partial charge is 0.381 e. The van der Waals surface area contributed by atoms with E-state index >= 15 is 0 Å². The summed E-state index contributed by atoms with van der Waals surface area (Å²) in [5.41, 5.74) is 4.21. The molecule has 2 heterocycles. The van der Waals surface area contributed by atoms with Crippen LogP contribution in [0.1, 0.15) is 29.5 Å². The summed E-state index contributed by atoms with van der Waals surface area (Å²) < 4.78 is 1.14. The predicted octanol–water partition coefficient (Wildman–Crippen LogP) is 4.40. The van der Waals surface area contributed by atoms with Gasteiger partial charge in [-0.15, -0.1) is 0 Å². The van der Waals surface area contributed by atoms with Crippen molar-refractivity contribution in [1.29, 1.82) is 0 Å². The van der Waals surface area contributed by atoms with Crippen LogP contribution in [0.25, 0.3) is 0 Å². The maximum Gasteiger partial charge on any atom is 0.0434 e. The highest BCUT2D eigenvalue weighted by Crippen LogP contribution is 2.49. The summed E-state index contributed by atoms with van der Waals surface area (Å²) in [6, 6.07) is 18.6. The standard InChI is InChI=1S/C18H19BrN2/c1-21-11-10-16-17(14-4-2-3-5-15(14)20-16)18(21)12-6-8-13(19)9-7-12/h2-9,16-18,20H,10-11H2,1H3. The molecule has 2 nitrogen and oxygen atoms in total. The average molecular weight is 343 g/mol. The number of benzene rings is 2. The number of nitrogens with zero attached hydrogens (tertiary/aromatic N) is 1. The van der Waals surface area contributed by atoms with E-state index in [4.69, 9.17) is 0 Å². The highest BCUT2D eigenvalue weighted by molar-refractivity contribution is 9.10. The molecule has 0 bridgehead atoms. The van der Waals surface area contributed by atoms with Gasteiger partial charge in [0.2, 0.25) is 0 Å². The zero-order valence-electron chi connectivity index (χ0n) is 12.1. The lowest BCUT2D eigenvalue weighted by Gasteiger charge is -2.41. The molecule has 2 aliphatic rings. The first-order chi connectivity index (χ1) is 10.2. The Hall–Kier alpha value is -1.32. The first-order valence-corrected chi connectivity index (χ1v) is 8.34. The molecule has 1 fully saturated rings. The van der Waals surface area contributed by atoms with Crippen LogP contribution in [0, 0.1) is 0 Å². The molecule has 2 aromatic carbocycles. The minimum atomic E-state index is 0.452. The van der Waals surface area contributed by atoms with Crippen molar-refractivity contribution in [3.8, 4) is 0 Å². The molecule has 1 N–H and O–H groups in total. The molecule has 0 aliphatic carbocycles. The molecule has 3 atom stereocenters. The van der Waals surface area contributed by atoms with Crippen LogP contribution in [0.15, 0.2) is 53.0 Å². The quantitative estimate of drug-likeness (QED) is 0.825. The molecule has 3 unspecified atom stereocenters. The van der Waals surface area contributed by atoms with E-state index in [1.54, 1.807) is 0 Å². The average Bonchev–Trinajstić information content (AvgIpc) is 2.87. The summed E-state index contributed by atoms with van der Waals surface area (Å²) in [5.74, 6) is 0.543. The van der Waals surface area contributed by atoms with Crippen LogP contribution in [-0.2, 0) is 0 Å². The predicted molar refractivity (Wildman–Crippen MR) is 90.7 cm³/mol. The van der Waals surface area contributed by atoms with Crippen molar-refractivity contribution in [1.82, 2.24) is 4.90 Å². The van der Waals surface area contributed by atoms with Crippen LogP contribution < -0.4 is 5.32 Å². The van der Waals surface area contributed by atoms with Crippen LogP contribution in [0.2, 0.25) is 0 Å². The van der Waals surface area contributed by atoms with Crippen LogP contribution >= 0.6 is 15.9 Å². The molecule has 4 rings (SSSR count). The van der Waals surface area contributed by atoms with E-state index < -0.39 is 0 Å². The number of fused-ring (bicyclic) bond motifs is 3. The maximum absolute atomic E-state index is 3.73. The first-order valence-electron chi connectivity index (χ1n) is 7.55. The molecule has 108 valence electrons. The summed E-state index contributed by atoms with van der Waals surface area (Å²) in [6.45, 7) is 1.14. The monoisotopic (exact) mass is 342 g/mol. The minimum Gasteiger partial charge on any atom is -0.381 e. The number of hydrogen-bond donors (Lipinski definition) is 1. The lowest BCUT2D eigenvalue weighted by atomic mass is 9.79. The van der Waals surface area contributed by atoms with Crippen LogP contribution in [0.3, 0.4) is 0 Å². The fourth-order valence-corrected chi connectivity index (χ4v) is 4.21. The van der Waals surface area contributed by atoms with Gasteiger partial charge in [0.1, 0.15) is 0 Å². The Morgan fingerprint density at radius 1 is 1.10 bits per heavy atom. The van der Waals surface area contributed by atoms with Gasteiger partial charge in [-0.1, -0.05) is 46.3 Å². The highest BCUT2D eigenvalue weighted by atomic mass is 79.9. The second kappa shape index (κ2) is 5.15. The molecule has 2 aliphatic heterocycles. The number of nitrogens with one attached hydrogen (secondary N) is 1. The smallest absolute Gasteiger partial charge is 0.0434 e. The van der Waals surface area contributed by atoms with Gasteiger partial charge in [-0.25, -0.2) is 0 Å². The molecule has 21 heavy (non-hydrogen) atoms. The second-order valence-electron chi connectivity index (χ2n) is 6.13. The van der Waals surface area contributed by atoms with Crippen molar-refractivity contribution in [3.63, 3.8) is 0 Å². The molecular weight excluding hydrogens is 324 g/mol. The molecule has 0 radical (unpaired) electrons. The number of hydrogen-bond acceptors (Lipinski definition) is 2. The number of anilines is 1. The van der Waals surface area contributed by atoms with Gasteiger partial charge in [0.15, 0.2) is 0 Å².